The van der Waals surface area contributed by atoms with E-state index in [1.54, 1.807) is 0 Å². The molecule has 0 aliphatic carbocycles. The first-order chi connectivity index (χ1) is 12.2. The lowest BCUT2D eigenvalue weighted by atomic mass is 9.91. The highest BCUT2D eigenvalue weighted by molar-refractivity contribution is 5.12. The van der Waals surface area contributed by atoms with Gasteiger partial charge in [-0.1, -0.05) is 0 Å². The highest BCUT2D eigenvalue weighted by Gasteiger charge is 2.33. The van der Waals surface area contributed by atoms with E-state index in [1.807, 2.05) is 21.8 Å². The summed E-state index contributed by atoms with van der Waals surface area (Å²) in [5, 5.41) is 8.75. The molecule has 2 aliphatic heterocycles. The Morgan fingerprint density at radius 3 is 2.72 bits per heavy atom. The zero-order valence-corrected chi connectivity index (χ0v) is 15.3. The van der Waals surface area contributed by atoms with E-state index in [4.69, 9.17) is 4.74 Å². The Morgan fingerprint density at radius 2 is 2.04 bits per heavy atom. The first kappa shape index (κ1) is 16.8. The van der Waals surface area contributed by atoms with Crippen molar-refractivity contribution in [2.75, 3.05) is 26.2 Å². The molecule has 25 heavy (non-hydrogen) atoms. The van der Waals surface area contributed by atoms with Gasteiger partial charge >= 0.3 is 0 Å². The molecular formula is C19H29N5O. The summed E-state index contributed by atoms with van der Waals surface area (Å²) >= 11 is 0. The molecule has 4 heterocycles. The minimum absolute atomic E-state index is 0.218. The lowest BCUT2D eigenvalue weighted by Gasteiger charge is -2.34. The Labute approximate surface area is 149 Å². The maximum atomic E-state index is 6.06. The minimum atomic E-state index is 0.218. The van der Waals surface area contributed by atoms with Crippen molar-refractivity contribution in [3.8, 4) is 0 Å². The number of hydrogen-bond acceptors (Lipinski definition) is 4. The van der Waals surface area contributed by atoms with Crippen molar-refractivity contribution in [1.29, 1.82) is 0 Å². The molecule has 0 bridgehead atoms. The van der Waals surface area contributed by atoms with Crippen LogP contribution in [0.5, 0.6) is 0 Å². The summed E-state index contributed by atoms with van der Waals surface area (Å²) < 4.78 is 10.1. The van der Waals surface area contributed by atoms with Crippen molar-refractivity contribution in [1.82, 2.24) is 24.5 Å². The Hall–Kier alpha value is -1.66. The van der Waals surface area contributed by atoms with E-state index in [1.165, 1.54) is 37.2 Å². The maximum Gasteiger partial charge on any atom is 0.0896 e. The van der Waals surface area contributed by atoms with Gasteiger partial charge in [0, 0.05) is 62.2 Å². The van der Waals surface area contributed by atoms with E-state index in [0.717, 1.165) is 26.1 Å². The van der Waals surface area contributed by atoms with Gasteiger partial charge < -0.3 is 9.64 Å². The lowest BCUT2D eigenvalue weighted by Crippen LogP contribution is -2.37. The van der Waals surface area contributed by atoms with Gasteiger partial charge in [0.25, 0.3) is 0 Å². The quantitative estimate of drug-likeness (QED) is 0.837. The molecule has 4 rings (SSSR count). The third-order valence-electron chi connectivity index (χ3n) is 5.88. The Morgan fingerprint density at radius 1 is 1.20 bits per heavy atom. The molecule has 0 aromatic carbocycles. The maximum absolute atomic E-state index is 6.06. The van der Waals surface area contributed by atoms with Crippen LogP contribution in [0.4, 0.5) is 0 Å². The van der Waals surface area contributed by atoms with Crippen molar-refractivity contribution in [2.45, 2.75) is 44.8 Å². The van der Waals surface area contributed by atoms with Crippen LogP contribution >= 0.6 is 0 Å². The van der Waals surface area contributed by atoms with Crippen molar-refractivity contribution in [3.05, 3.63) is 35.9 Å². The van der Waals surface area contributed by atoms with E-state index in [9.17, 15) is 0 Å². The van der Waals surface area contributed by atoms with Crippen LogP contribution in [0.3, 0.4) is 0 Å². The van der Waals surface area contributed by atoms with Crippen molar-refractivity contribution in [2.24, 2.45) is 13.0 Å². The highest BCUT2D eigenvalue weighted by atomic mass is 16.5. The standard InChI is InChI=1S/C19H29N5O/c1-3-24-14-17(12-21-24)19-16(7-11-25-19)13-23-9-5-15(6-10-23)18-4-8-20-22(18)2/h4,8,12,14-16,19H,3,5-7,9-11,13H2,1-2H3/t16-,19+/m1/s1. The van der Waals surface area contributed by atoms with Crippen LogP contribution in [0.15, 0.2) is 24.7 Å². The van der Waals surface area contributed by atoms with Gasteiger partial charge in [-0.25, -0.2) is 0 Å². The van der Waals surface area contributed by atoms with Crippen molar-refractivity contribution >= 4 is 0 Å². The average molecular weight is 343 g/mol. The zero-order valence-electron chi connectivity index (χ0n) is 15.3. The second-order valence-corrected chi connectivity index (χ2v) is 7.42. The number of piperidine rings is 1. The number of rotatable bonds is 5. The first-order valence-corrected chi connectivity index (χ1v) is 9.58. The van der Waals surface area contributed by atoms with Gasteiger partial charge in [0.2, 0.25) is 0 Å². The van der Waals surface area contributed by atoms with Crippen molar-refractivity contribution < 1.29 is 4.74 Å². The normalized spacial score (nSPS) is 25.7. The molecule has 0 N–H and O–H groups in total. The predicted octanol–water partition coefficient (Wildman–Crippen LogP) is 2.59. The molecule has 2 aromatic heterocycles. The number of nitrogens with zero attached hydrogens (tertiary/aromatic N) is 5. The molecule has 0 radical (unpaired) electrons. The van der Waals surface area contributed by atoms with Gasteiger partial charge in [-0.2, -0.15) is 10.2 Å². The smallest absolute Gasteiger partial charge is 0.0896 e. The van der Waals surface area contributed by atoms with Crippen LogP contribution in [-0.2, 0) is 18.3 Å². The van der Waals surface area contributed by atoms with Crippen LogP contribution in [-0.4, -0.2) is 50.7 Å². The van der Waals surface area contributed by atoms with Gasteiger partial charge in [0.1, 0.15) is 0 Å². The van der Waals surface area contributed by atoms with E-state index < -0.39 is 0 Å². The van der Waals surface area contributed by atoms with Gasteiger partial charge in [-0.05, 0) is 45.3 Å². The van der Waals surface area contributed by atoms with E-state index in [-0.39, 0.29) is 6.10 Å². The number of hydrogen-bond donors (Lipinski definition) is 0. The number of aryl methyl sites for hydroxylation is 2. The summed E-state index contributed by atoms with van der Waals surface area (Å²) in [5.41, 5.74) is 2.63. The molecule has 0 unspecified atom stereocenters. The number of ether oxygens (including phenoxy) is 1. The van der Waals surface area contributed by atoms with Crippen LogP contribution in [0.25, 0.3) is 0 Å². The van der Waals surface area contributed by atoms with Crippen LogP contribution < -0.4 is 0 Å². The SMILES string of the molecule is CCn1cc([C@H]2OCC[C@@H]2CN2CCC(c3ccnn3C)CC2)cn1. The third kappa shape index (κ3) is 3.51. The summed E-state index contributed by atoms with van der Waals surface area (Å²) in [6.07, 6.45) is 9.88. The number of likely N-dealkylation sites (tertiary alicyclic amines) is 1. The molecule has 0 saturated carbocycles. The number of aromatic nitrogens is 4. The van der Waals surface area contributed by atoms with E-state index in [0.29, 0.717) is 11.8 Å². The van der Waals surface area contributed by atoms with Crippen LogP contribution in [0.1, 0.15) is 49.5 Å². The molecular weight excluding hydrogens is 314 g/mol. The van der Waals surface area contributed by atoms with E-state index in [2.05, 4.69) is 41.3 Å². The average Bonchev–Trinajstić information content (AvgIpc) is 3.36. The molecule has 2 atom stereocenters. The molecule has 2 aliphatic rings. The fourth-order valence-electron chi connectivity index (χ4n) is 4.42. The topological polar surface area (TPSA) is 48.1 Å². The van der Waals surface area contributed by atoms with Gasteiger partial charge in [0.15, 0.2) is 0 Å². The molecule has 6 heteroatoms. The zero-order chi connectivity index (χ0) is 17.2. The van der Waals surface area contributed by atoms with Gasteiger partial charge in [-0.15, -0.1) is 0 Å². The summed E-state index contributed by atoms with van der Waals surface area (Å²) in [6, 6.07) is 2.17. The highest BCUT2D eigenvalue weighted by Crippen LogP contribution is 2.36. The second kappa shape index (κ2) is 7.30. The molecule has 2 saturated heterocycles. The Balaban J connectivity index is 1.34. The minimum Gasteiger partial charge on any atom is -0.373 e. The molecule has 0 spiro atoms. The summed E-state index contributed by atoms with van der Waals surface area (Å²) in [6.45, 7) is 7.40. The fourth-order valence-corrected chi connectivity index (χ4v) is 4.42. The molecule has 2 aromatic rings. The molecule has 136 valence electrons. The lowest BCUT2D eigenvalue weighted by molar-refractivity contribution is 0.0736. The third-order valence-corrected chi connectivity index (χ3v) is 5.88. The Bertz CT molecular complexity index is 686. The van der Waals surface area contributed by atoms with Gasteiger partial charge in [-0.3, -0.25) is 9.36 Å². The Kier molecular flexibility index (Phi) is 4.90. The molecule has 0 amide bonds. The second-order valence-electron chi connectivity index (χ2n) is 7.42. The monoisotopic (exact) mass is 343 g/mol. The van der Waals surface area contributed by atoms with Crippen LogP contribution in [0, 0.1) is 5.92 Å². The molecule has 2 fully saturated rings. The molecule has 6 nitrogen and oxygen atoms in total. The van der Waals surface area contributed by atoms with Crippen LogP contribution in [0.2, 0.25) is 0 Å². The first-order valence-electron chi connectivity index (χ1n) is 9.58. The summed E-state index contributed by atoms with van der Waals surface area (Å²) in [5.74, 6) is 1.24. The fraction of sp³-hybridized carbons (Fsp3) is 0.684. The largest absolute Gasteiger partial charge is 0.373 e. The van der Waals surface area contributed by atoms with Crippen molar-refractivity contribution in [3.63, 3.8) is 0 Å². The van der Waals surface area contributed by atoms with E-state index >= 15 is 0 Å². The van der Waals surface area contributed by atoms with Gasteiger partial charge in [0.05, 0.1) is 12.3 Å². The summed E-state index contributed by atoms with van der Waals surface area (Å²) in [4.78, 5) is 2.63. The predicted molar refractivity (Wildman–Crippen MR) is 96.3 cm³/mol. The summed E-state index contributed by atoms with van der Waals surface area (Å²) in [7, 11) is 2.05.